The Labute approximate surface area is 117 Å². The summed E-state index contributed by atoms with van der Waals surface area (Å²) in [5, 5.41) is 4.20. The van der Waals surface area contributed by atoms with Crippen LogP contribution in [0.15, 0.2) is 67.0 Å². The molecule has 0 spiro atoms. The van der Waals surface area contributed by atoms with Gasteiger partial charge in [-0.25, -0.2) is 9.67 Å². The molecule has 20 heavy (non-hydrogen) atoms. The van der Waals surface area contributed by atoms with Crippen LogP contribution in [0.3, 0.4) is 0 Å². The lowest BCUT2D eigenvalue weighted by atomic mass is 10.2. The van der Waals surface area contributed by atoms with E-state index in [0.717, 1.165) is 17.0 Å². The highest BCUT2D eigenvalue weighted by Gasteiger charge is 2.06. The van der Waals surface area contributed by atoms with Crippen LogP contribution < -0.4 is 0 Å². The van der Waals surface area contributed by atoms with Crippen molar-refractivity contribution in [1.29, 1.82) is 0 Å². The standard InChI is InChI=1S/C16H15N3O/c1-3-7-14(8-4-1)11-20-13-19-16(17-12-18-19)15-9-5-2-6-10-15/h1-10,12H,11,13H2. The molecule has 0 atom stereocenters. The third-order valence-electron chi connectivity index (χ3n) is 2.97. The highest BCUT2D eigenvalue weighted by atomic mass is 16.5. The summed E-state index contributed by atoms with van der Waals surface area (Å²) in [5.41, 5.74) is 2.18. The minimum absolute atomic E-state index is 0.388. The lowest BCUT2D eigenvalue weighted by molar-refractivity contribution is 0.0571. The van der Waals surface area contributed by atoms with Gasteiger partial charge in [0.1, 0.15) is 13.1 Å². The Bertz CT molecular complexity index is 650. The smallest absolute Gasteiger partial charge is 0.160 e. The van der Waals surface area contributed by atoms with Gasteiger partial charge in [0.2, 0.25) is 0 Å². The first-order valence-corrected chi connectivity index (χ1v) is 6.48. The van der Waals surface area contributed by atoms with Gasteiger partial charge in [-0.15, -0.1) is 0 Å². The van der Waals surface area contributed by atoms with E-state index in [9.17, 15) is 0 Å². The molecular weight excluding hydrogens is 250 g/mol. The van der Waals surface area contributed by atoms with Gasteiger partial charge in [0.15, 0.2) is 5.82 Å². The Hall–Kier alpha value is -2.46. The highest BCUT2D eigenvalue weighted by Crippen LogP contribution is 2.15. The Morgan fingerprint density at radius 1 is 0.900 bits per heavy atom. The molecule has 3 aromatic rings. The van der Waals surface area contributed by atoms with Crippen molar-refractivity contribution in [3.63, 3.8) is 0 Å². The SMILES string of the molecule is c1ccc(COCn2ncnc2-c2ccccc2)cc1. The number of aromatic nitrogens is 3. The molecule has 0 radical (unpaired) electrons. The van der Waals surface area contributed by atoms with Crippen LogP contribution in [-0.2, 0) is 18.1 Å². The van der Waals surface area contributed by atoms with Crippen LogP contribution in [0, 0.1) is 0 Å². The molecule has 1 aromatic heterocycles. The van der Waals surface area contributed by atoms with Crippen molar-refractivity contribution in [2.75, 3.05) is 0 Å². The van der Waals surface area contributed by atoms with Crippen molar-refractivity contribution < 1.29 is 4.74 Å². The van der Waals surface area contributed by atoms with E-state index in [1.54, 1.807) is 11.0 Å². The summed E-state index contributed by atoms with van der Waals surface area (Å²) in [4.78, 5) is 4.28. The molecule has 0 aliphatic carbocycles. The van der Waals surface area contributed by atoms with Gasteiger partial charge >= 0.3 is 0 Å². The monoisotopic (exact) mass is 265 g/mol. The summed E-state index contributed by atoms with van der Waals surface area (Å²) < 4.78 is 7.45. The molecule has 0 aliphatic heterocycles. The molecule has 3 rings (SSSR count). The van der Waals surface area contributed by atoms with Crippen molar-refractivity contribution in [2.24, 2.45) is 0 Å². The van der Waals surface area contributed by atoms with E-state index in [2.05, 4.69) is 10.1 Å². The van der Waals surface area contributed by atoms with Crippen molar-refractivity contribution >= 4 is 0 Å². The zero-order valence-corrected chi connectivity index (χ0v) is 11.0. The van der Waals surface area contributed by atoms with Crippen LogP contribution in [0.1, 0.15) is 5.56 Å². The van der Waals surface area contributed by atoms with E-state index >= 15 is 0 Å². The van der Waals surface area contributed by atoms with Gasteiger partial charge in [0.25, 0.3) is 0 Å². The average molecular weight is 265 g/mol. The van der Waals surface area contributed by atoms with Crippen molar-refractivity contribution in [2.45, 2.75) is 13.3 Å². The Morgan fingerprint density at radius 2 is 1.60 bits per heavy atom. The fraction of sp³-hybridized carbons (Fsp3) is 0.125. The Balaban J connectivity index is 1.66. The van der Waals surface area contributed by atoms with Crippen molar-refractivity contribution in [3.8, 4) is 11.4 Å². The van der Waals surface area contributed by atoms with Gasteiger partial charge in [-0.2, -0.15) is 5.10 Å². The third-order valence-corrected chi connectivity index (χ3v) is 2.97. The topological polar surface area (TPSA) is 39.9 Å². The summed E-state index contributed by atoms with van der Waals surface area (Å²) >= 11 is 0. The van der Waals surface area contributed by atoms with Crippen LogP contribution in [-0.4, -0.2) is 14.8 Å². The molecule has 2 aromatic carbocycles. The minimum atomic E-state index is 0.388. The van der Waals surface area contributed by atoms with E-state index in [-0.39, 0.29) is 0 Å². The van der Waals surface area contributed by atoms with Crippen LogP contribution in [0.4, 0.5) is 0 Å². The maximum atomic E-state index is 5.69. The van der Waals surface area contributed by atoms with Crippen LogP contribution in [0.5, 0.6) is 0 Å². The number of benzene rings is 2. The van der Waals surface area contributed by atoms with E-state index in [0.29, 0.717) is 13.3 Å². The second-order valence-corrected chi connectivity index (χ2v) is 4.41. The van der Waals surface area contributed by atoms with Gasteiger partial charge in [-0.1, -0.05) is 60.7 Å². The summed E-state index contributed by atoms with van der Waals surface area (Å²) in [6.45, 7) is 0.952. The van der Waals surface area contributed by atoms with Gasteiger partial charge in [0, 0.05) is 5.56 Å². The number of nitrogens with zero attached hydrogens (tertiary/aromatic N) is 3. The van der Waals surface area contributed by atoms with E-state index in [4.69, 9.17) is 4.74 Å². The second-order valence-electron chi connectivity index (χ2n) is 4.41. The fourth-order valence-electron chi connectivity index (χ4n) is 1.99. The number of hydrogen-bond acceptors (Lipinski definition) is 3. The molecule has 0 aliphatic rings. The number of ether oxygens (including phenoxy) is 1. The molecule has 4 heteroatoms. The summed E-state index contributed by atoms with van der Waals surface area (Å²) in [6, 6.07) is 20.1. The molecule has 100 valence electrons. The van der Waals surface area contributed by atoms with Crippen molar-refractivity contribution in [3.05, 3.63) is 72.6 Å². The molecular formula is C16H15N3O. The quantitative estimate of drug-likeness (QED) is 0.711. The molecule has 1 heterocycles. The second kappa shape index (κ2) is 6.12. The van der Waals surface area contributed by atoms with E-state index < -0.39 is 0 Å². The predicted octanol–water partition coefficient (Wildman–Crippen LogP) is 3.12. The molecule has 0 bridgehead atoms. The highest BCUT2D eigenvalue weighted by molar-refractivity contribution is 5.54. The van der Waals surface area contributed by atoms with Crippen LogP contribution >= 0.6 is 0 Å². The molecule has 0 amide bonds. The maximum Gasteiger partial charge on any atom is 0.160 e. The summed E-state index contributed by atoms with van der Waals surface area (Å²) in [7, 11) is 0. The molecule has 0 fully saturated rings. The average Bonchev–Trinajstić information content (AvgIpc) is 2.98. The summed E-state index contributed by atoms with van der Waals surface area (Å²) in [5.74, 6) is 0.818. The van der Waals surface area contributed by atoms with Gasteiger partial charge in [0.05, 0.1) is 6.61 Å². The third kappa shape index (κ3) is 2.92. The molecule has 0 saturated carbocycles. The normalized spacial score (nSPS) is 10.6. The van der Waals surface area contributed by atoms with Gasteiger partial charge in [-0.3, -0.25) is 0 Å². The van der Waals surface area contributed by atoms with E-state index in [1.165, 1.54) is 0 Å². The van der Waals surface area contributed by atoms with Crippen molar-refractivity contribution in [1.82, 2.24) is 14.8 Å². The van der Waals surface area contributed by atoms with Gasteiger partial charge < -0.3 is 4.74 Å². The maximum absolute atomic E-state index is 5.69. The molecule has 0 N–H and O–H groups in total. The lowest BCUT2D eigenvalue weighted by Crippen LogP contribution is -2.06. The van der Waals surface area contributed by atoms with Crippen LogP contribution in [0.2, 0.25) is 0 Å². The van der Waals surface area contributed by atoms with Gasteiger partial charge in [-0.05, 0) is 5.56 Å². The molecule has 0 saturated heterocycles. The van der Waals surface area contributed by atoms with Crippen LogP contribution in [0.25, 0.3) is 11.4 Å². The first-order valence-electron chi connectivity index (χ1n) is 6.48. The van der Waals surface area contributed by atoms with E-state index in [1.807, 2.05) is 60.7 Å². The lowest BCUT2D eigenvalue weighted by Gasteiger charge is -2.07. The minimum Gasteiger partial charge on any atom is -0.354 e. The molecule has 0 unspecified atom stereocenters. The number of hydrogen-bond donors (Lipinski definition) is 0. The summed E-state index contributed by atoms with van der Waals surface area (Å²) in [6.07, 6.45) is 1.55. The first-order chi connectivity index (χ1) is 9.93. The largest absolute Gasteiger partial charge is 0.354 e. The zero-order chi connectivity index (χ0) is 13.6. The predicted molar refractivity (Wildman–Crippen MR) is 76.7 cm³/mol. The Morgan fingerprint density at radius 3 is 2.35 bits per heavy atom. The Kier molecular flexibility index (Phi) is 3.85. The number of rotatable bonds is 5. The zero-order valence-electron chi connectivity index (χ0n) is 11.0. The molecule has 4 nitrogen and oxygen atoms in total. The first kappa shape index (κ1) is 12.6. The fourth-order valence-corrected chi connectivity index (χ4v) is 1.99.